The molecule has 0 amide bonds. The van der Waals surface area contributed by atoms with Crippen LogP contribution in [0.4, 0.5) is 5.69 Å². The van der Waals surface area contributed by atoms with Gasteiger partial charge in [-0.2, -0.15) is 22.1 Å². The number of hydrogen-bond acceptors (Lipinski definition) is 8. The molecule has 0 saturated carbocycles. The third-order valence-corrected chi connectivity index (χ3v) is 7.02. The number of nitrogens with one attached hydrogen (secondary N) is 2. The van der Waals surface area contributed by atoms with Crippen molar-refractivity contribution >= 4 is 25.9 Å². The van der Waals surface area contributed by atoms with E-state index in [4.69, 9.17) is 14.8 Å². The molecule has 2 atom stereocenters. The quantitative estimate of drug-likeness (QED) is 0.204. The van der Waals surface area contributed by atoms with Crippen LogP contribution in [0.15, 0.2) is 74.8 Å². The molecule has 178 valence electrons. The Morgan fingerprint density at radius 2 is 1.76 bits per heavy atom. The zero-order valence-electron chi connectivity index (χ0n) is 18.3. The first-order valence-corrected chi connectivity index (χ1v) is 12.7. The summed E-state index contributed by atoms with van der Waals surface area (Å²) in [4.78, 5) is -0.409. The summed E-state index contributed by atoms with van der Waals surface area (Å²) in [6.45, 7) is 5.47. The Bertz CT molecular complexity index is 1280. The standard InChI is InChI=1S/C21H26N4O6S2/c1-13(15(3)24-16-4-8-18(9-5-16)32(26,27)28)14(2)20(12-22)21(23)25-17-6-10-19(11-7-17)33(29,30)31/h4,6-11,15-16,24-25H,5,23H2,1-3H3,(H,26,27,28)(H,29,30,31)/b14-13-,21-20+. The molecule has 33 heavy (non-hydrogen) atoms. The predicted octanol–water partition coefficient (Wildman–Crippen LogP) is 2.45. The summed E-state index contributed by atoms with van der Waals surface area (Å²) in [6.07, 6.45) is 4.79. The summed E-state index contributed by atoms with van der Waals surface area (Å²) in [5.41, 5.74) is 8.18. The number of anilines is 1. The van der Waals surface area contributed by atoms with E-state index in [-0.39, 0.29) is 33.3 Å². The molecular formula is C21H26N4O6S2. The second-order valence-electron chi connectivity index (χ2n) is 7.50. The van der Waals surface area contributed by atoms with Crippen molar-refractivity contribution in [3.63, 3.8) is 0 Å². The van der Waals surface area contributed by atoms with E-state index in [2.05, 4.69) is 16.7 Å². The molecule has 0 radical (unpaired) electrons. The zero-order valence-corrected chi connectivity index (χ0v) is 19.9. The Kier molecular flexibility index (Phi) is 8.23. The number of rotatable bonds is 8. The van der Waals surface area contributed by atoms with Gasteiger partial charge in [0.1, 0.15) is 11.9 Å². The Morgan fingerprint density at radius 1 is 1.15 bits per heavy atom. The summed E-state index contributed by atoms with van der Waals surface area (Å²) >= 11 is 0. The normalized spacial score (nSPS) is 19.0. The molecular weight excluding hydrogens is 468 g/mol. The van der Waals surface area contributed by atoms with Gasteiger partial charge in [-0.25, -0.2) is 0 Å². The molecule has 6 N–H and O–H groups in total. The van der Waals surface area contributed by atoms with Gasteiger partial charge < -0.3 is 16.4 Å². The highest BCUT2D eigenvalue weighted by Gasteiger charge is 2.20. The topological polar surface area (TPSA) is 183 Å². The fraction of sp³-hybridized carbons (Fsp3) is 0.286. The fourth-order valence-electron chi connectivity index (χ4n) is 3.16. The molecule has 0 aromatic heterocycles. The van der Waals surface area contributed by atoms with Gasteiger partial charge in [-0.1, -0.05) is 17.7 Å². The SMILES string of the molecule is CC(/C(C#N)=C(\N)Nc1ccc(S(=O)(=O)O)cc1)=C(\C)C(C)NC1C=CC(S(=O)(=O)O)=CC1. The second kappa shape index (κ2) is 10.3. The molecule has 2 unspecified atom stereocenters. The number of allylic oxidation sites excluding steroid dienone is 3. The molecule has 0 fully saturated rings. The molecule has 0 heterocycles. The average molecular weight is 495 g/mol. The van der Waals surface area contributed by atoms with E-state index in [0.717, 1.165) is 5.57 Å². The summed E-state index contributed by atoms with van der Waals surface area (Å²) < 4.78 is 62.8. The lowest BCUT2D eigenvalue weighted by Crippen LogP contribution is -2.37. The van der Waals surface area contributed by atoms with Crippen molar-refractivity contribution < 1.29 is 25.9 Å². The van der Waals surface area contributed by atoms with Gasteiger partial charge in [0.25, 0.3) is 20.2 Å². The van der Waals surface area contributed by atoms with E-state index in [1.807, 2.05) is 13.8 Å². The first-order chi connectivity index (χ1) is 15.2. The monoisotopic (exact) mass is 494 g/mol. The molecule has 1 aliphatic carbocycles. The highest BCUT2D eigenvalue weighted by atomic mass is 32.2. The molecule has 10 nitrogen and oxygen atoms in total. The number of hydrogen-bond donors (Lipinski definition) is 5. The minimum atomic E-state index is -4.31. The molecule has 2 rings (SSSR count). The van der Waals surface area contributed by atoms with Crippen LogP contribution in [-0.4, -0.2) is 38.0 Å². The van der Waals surface area contributed by atoms with Crippen LogP contribution in [0.5, 0.6) is 0 Å². The lowest BCUT2D eigenvalue weighted by molar-refractivity contribution is 0.482. The van der Waals surface area contributed by atoms with Crippen molar-refractivity contribution in [3.8, 4) is 6.07 Å². The minimum Gasteiger partial charge on any atom is -0.384 e. The van der Waals surface area contributed by atoms with Gasteiger partial charge in [-0.05, 0) is 63.1 Å². The molecule has 12 heteroatoms. The lowest BCUT2D eigenvalue weighted by Gasteiger charge is -2.24. The van der Waals surface area contributed by atoms with Crippen LogP contribution in [0.2, 0.25) is 0 Å². The Morgan fingerprint density at radius 3 is 2.21 bits per heavy atom. The summed E-state index contributed by atoms with van der Waals surface area (Å²) in [7, 11) is -8.55. The minimum absolute atomic E-state index is 0.0689. The van der Waals surface area contributed by atoms with Gasteiger partial charge in [0.15, 0.2) is 0 Å². The van der Waals surface area contributed by atoms with E-state index >= 15 is 0 Å². The van der Waals surface area contributed by atoms with Gasteiger partial charge in [0, 0.05) is 17.8 Å². The van der Waals surface area contributed by atoms with Gasteiger partial charge in [-0.15, -0.1) is 0 Å². The third-order valence-electron chi connectivity index (χ3n) is 5.26. The van der Waals surface area contributed by atoms with E-state index in [0.29, 0.717) is 17.7 Å². The largest absolute Gasteiger partial charge is 0.384 e. The van der Waals surface area contributed by atoms with Crippen LogP contribution >= 0.6 is 0 Å². The molecule has 0 saturated heterocycles. The summed E-state index contributed by atoms with van der Waals surface area (Å²) in [5.74, 6) is 0.0689. The van der Waals surface area contributed by atoms with Crippen molar-refractivity contribution in [3.05, 3.63) is 69.9 Å². The van der Waals surface area contributed by atoms with Crippen molar-refractivity contribution in [2.75, 3.05) is 5.32 Å². The first-order valence-electron chi connectivity index (χ1n) is 9.78. The van der Waals surface area contributed by atoms with Crippen molar-refractivity contribution in [2.24, 2.45) is 5.73 Å². The Labute approximate surface area is 193 Å². The lowest BCUT2D eigenvalue weighted by atomic mass is 9.97. The molecule has 0 spiro atoms. The maximum absolute atomic E-state index is 11.2. The van der Waals surface area contributed by atoms with Crippen LogP contribution in [0.3, 0.4) is 0 Å². The van der Waals surface area contributed by atoms with E-state index in [9.17, 15) is 22.1 Å². The molecule has 1 aromatic carbocycles. The maximum Gasteiger partial charge on any atom is 0.294 e. The van der Waals surface area contributed by atoms with Crippen molar-refractivity contribution in [2.45, 2.75) is 44.2 Å². The zero-order chi connectivity index (χ0) is 25.0. The van der Waals surface area contributed by atoms with Gasteiger partial charge in [-0.3, -0.25) is 9.11 Å². The Hall–Kier alpha value is -2.95. The first kappa shape index (κ1) is 26.3. The molecule has 1 aromatic rings. The highest BCUT2D eigenvalue weighted by Crippen LogP contribution is 2.22. The third kappa shape index (κ3) is 7.01. The fourth-order valence-corrected chi connectivity index (χ4v) is 4.20. The van der Waals surface area contributed by atoms with Crippen LogP contribution in [0.1, 0.15) is 27.2 Å². The number of benzene rings is 1. The van der Waals surface area contributed by atoms with Crippen LogP contribution < -0.4 is 16.4 Å². The smallest absolute Gasteiger partial charge is 0.294 e. The molecule has 0 bridgehead atoms. The van der Waals surface area contributed by atoms with Crippen LogP contribution in [-0.2, 0) is 20.2 Å². The highest BCUT2D eigenvalue weighted by molar-refractivity contribution is 7.90. The van der Waals surface area contributed by atoms with Gasteiger partial charge in [0.05, 0.1) is 15.4 Å². The molecule has 1 aliphatic rings. The molecule has 0 aliphatic heterocycles. The Balaban J connectivity index is 2.17. The van der Waals surface area contributed by atoms with Gasteiger partial charge in [0.2, 0.25) is 0 Å². The number of nitriles is 1. The predicted molar refractivity (Wildman–Crippen MR) is 125 cm³/mol. The number of nitrogens with zero attached hydrogens (tertiary/aromatic N) is 1. The second-order valence-corrected chi connectivity index (χ2v) is 10.3. The van der Waals surface area contributed by atoms with Crippen molar-refractivity contribution in [1.82, 2.24) is 5.32 Å². The average Bonchev–Trinajstić information content (AvgIpc) is 2.73. The summed E-state index contributed by atoms with van der Waals surface area (Å²) in [5, 5.41) is 15.8. The summed E-state index contributed by atoms with van der Waals surface area (Å²) in [6, 6.07) is 6.94. The maximum atomic E-state index is 11.2. The van der Waals surface area contributed by atoms with E-state index in [1.54, 1.807) is 13.0 Å². The van der Waals surface area contributed by atoms with E-state index < -0.39 is 20.2 Å². The number of nitrogens with two attached hydrogens (primary N) is 1. The van der Waals surface area contributed by atoms with Crippen molar-refractivity contribution in [1.29, 1.82) is 5.26 Å². The van der Waals surface area contributed by atoms with Crippen LogP contribution in [0.25, 0.3) is 0 Å². The van der Waals surface area contributed by atoms with Gasteiger partial charge >= 0.3 is 0 Å². The van der Waals surface area contributed by atoms with Crippen LogP contribution in [0, 0.1) is 11.3 Å². The van der Waals surface area contributed by atoms with E-state index in [1.165, 1.54) is 36.4 Å².